The van der Waals surface area contributed by atoms with Gasteiger partial charge >= 0.3 is 0 Å². The van der Waals surface area contributed by atoms with Crippen molar-refractivity contribution in [2.75, 3.05) is 19.8 Å². The van der Waals surface area contributed by atoms with E-state index in [1.54, 1.807) is 0 Å². The van der Waals surface area contributed by atoms with Crippen LogP contribution in [0.3, 0.4) is 0 Å². The Labute approximate surface area is 125 Å². The highest BCUT2D eigenvalue weighted by atomic mass is 79.9. The molecule has 1 aromatic carbocycles. The molecule has 0 radical (unpaired) electrons. The standard InChI is InChI=1S/C16H24BrNO/c1-15(2,3)18-12-16(8-10-19-11-9-16)13-6-4-5-7-14(13)17/h4-7,18H,8-12H2,1-3H3. The van der Waals surface area contributed by atoms with Crippen molar-refractivity contribution in [3.8, 4) is 0 Å². The van der Waals surface area contributed by atoms with Gasteiger partial charge in [0.1, 0.15) is 0 Å². The van der Waals surface area contributed by atoms with Crippen molar-refractivity contribution >= 4 is 15.9 Å². The van der Waals surface area contributed by atoms with Crippen LogP contribution in [0.2, 0.25) is 0 Å². The number of hydrogen-bond acceptors (Lipinski definition) is 2. The summed E-state index contributed by atoms with van der Waals surface area (Å²) in [7, 11) is 0. The highest BCUT2D eigenvalue weighted by molar-refractivity contribution is 9.10. The minimum absolute atomic E-state index is 0.145. The Kier molecular flexibility index (Phi) is 4.70. The predicted molar refractivity (Wildman–Crippen MR) is 83.6 cm³/mol. The maximum absolute atomic E-state index is 5.57. The molecule has 2 nitrogen and oxygen atoms in total. The topological polar surface area (TPSA) is 21.3 Å². The number of nitrogens with one attached hydrogen (secondary N) is 1. The Hall–Kier alpha value is -0.380. The van der Waals surface area contributed by atoms with Gasteiger partial charge in [0.2, 0.25) is 0 Å². The molecule has 0 aliphatic carbocycles. The summed E-state index contributed by atoms with van der Waals surface area (Å²) in [6.45, 7) is 9.38. The molecule has 19 heavy (non-hydrogen) atoms. The SMILES string of the molecule is CC(C)(C)NCC1(c2ccccc2Br)CCOCC1. The van der Waals surface area contributed by atoms with E-state index in [9.17, 15) is 0 Å². The van der Waals surface area contributed by atoms with Crippen molar-refractivity contribution in [1.82, 2.24) is 5.32 Å². The first-order valence-corrected chi connectivity index (χ1v) is 7.80. The lowest BCUT2D eigenvalue weighted by Crippen LogP contribution is -2.48. The number of rotatable bonds is 3. The van der Waals surface area contributed by atoms with Gasteiger partial charge in [-0.05, 0) is 45.2 Å². The molecule has 1 saturated heterocycles. The summed E-state index contributed by atoms with van der Waals surface area (Å²) in [5, 5.41) is 3.68. The van der Waals surface area contributed by atoms with E-state index in [1.807, 2.05) is 0 Å². The summed E-state index contributed by atoms with van der Waals surface area (Å²) in [5.41, 5.74) is 1.74. The molecule has 0 amide bonds. The third-order valence-electron chi connectivity index (χ3n) is 3.85. The lowest BCUT2D eigenvalue weighted by atomic mass is 9.73. The predicted octanol–water partition coefficient (Wildman–Crippen LogP) is 3.89. The molecule has 3 heteroatoms. The number of halogens is 1. The third-order valence-corrected chi connectivity index (χ3v) is 4.54. The van der Waals surface area contributed by atoms with Gasteiger partial charge in [-0.2, -0.15) is 0 Å². The first-order valence-electron chi connectivity index (χ1n) is 7.01. The number of ether oxygens (including phenoxy) is 1. The molecule has 1 fully saturated rings. The van der Waals surface area contributed by atoms with E-state index in [4.69, 9.17) is 4.74 Å². The molecule has 1 N–H and O–H groups in total. The molecule has 0 aromatic heterocycles. The van der Waals surface area contributed by atoms with Crippen molar-refractivity contribution in [2.45, 2.75) is 44.6 Å². The average molecular weight is 326 g/mol. The Bertz CT molecular complexity index is 419. The normalized spacial score (nSPS) is 19.4. The zero-order valence-electron chi connectivity index (χ0n) is 12.1. The summed E-state index contributed by atoms with van der Waals surface area (Å²) in [4.78, 5) is 0. The van der Waals surface area contributed by atoms with E-state index in [-0.39, 0.29) is 11.0 Å². The average Bonchev–Trinajstić information content (AvgIpc) is 2.37. The van der Waals surface area contributed by atoms with Crippen LogP contribution >= 0.6 is 15.9 Å². The van der Waals surface area contributed by atoms with Gasteiger partial charge in [-0.15, -0.1) is 0 Å². The Balaban J connectivity index is 2.27. The van der Waals surface area contributed by atoms with Crippen LogP contribution in [0.1, 0.15) is 39.2 Å². The fraction of sp³-hybridized carbons (Fsp3) is 0.625. The molecule has 0 spiro atoms. The maximum Gasteiger partial charge on any atom is 0.0475 e. The minimum Gasteiger partial charge on any atom is -0.381 e. The Morgan fingerprint density at radius 2 is 1.84 bits per heavy atom. The van der Waals surface area contributed by atoms with Crippen molar-refractivity contribution in [3.63, 3.8) is 0 Å². The molecule has 1 heterocycles. The van der Waals surface area contributed by atoms with Gasteiger partial charge in [0, 0.05) is 35.2 Å². The van der Waals surface area contributed by atoms with Crippen LogP contribution in [0.15, 0.2) is 28.7 Å². The van der Waals surface area contributed by atoms with Crippen LogP contribution in [0, 0.1) is 0 Å². The zero-order valence-corrected chi connectivity index (χ0v) is 13.7. The van der Waals surface area contributed by atoms with E-state index in [0.29, 0.717) is 0 Å². The number of hydrogen-bond donors (Lipinski definition) is 1. The molecule has 1 aliphatic heterocycles. The van der Waals surface area contributed by atoms with Crippen molar-refractivity contribution in [3.05, 3.63) is 34.3 Å². The van der Waals surface area contributed by atoms with Gasteiger partial charge in [-0.1, -0.05) is 34.1 Å². The molecular formula is C16H24BrNO. The largest absolute Gasteiger partial charge is 0.381 e. The van der Waals surface area contributed by atoms with Gasteiger partial charge in [-0.25, -0.2) is 0 Å². The molecule has 0 bridgehead atoms. The van der Waals surface area contributed by atoms with Crippen LogP contribution < -0.4 is 5.32 Å². The second-order valence-corrected chi connectivity index (χ2v) is 7.33. The van der Waals surface area contributed by atoms with Crippen LogP contribution in [0.25, 0.3) is 0 Å². The smallest absolute Gasteiger partial charge is 0.0475 e. The summed E-state index contributed by atoms with van der Waals surface area (Å²) < 4.78 is 6.79. The minimum atomic E-state index is 0.145. The quantitative estimate of drug-likeness (QED) is 0.910. The van der Waals surface area contributed by atoms with E-state index in [2.05, 4.69) is 66.3 Å². The summed E-state index contributed by atoms with van der Waals surface area (Å²) >= 11 is 3.72. The van der Waals surface area contributed by atoms with Gasteiger partial charge in [0.05, 0.1) is 0 Å². The van der Waals surface area contributed by atoms with Gasteiger partial charge in [-0.3, -0.25) is 0 Å². The van der Waals surface area contributed by atoms with Crippen molar-refractivity contribution in [1.29, 1.82) is 0 Å². The molecule has 0 saturated carbocycles. The van der Waals surface area contributed by atoms with E-state index in [1.165, 1.54) is 10.0 Å². The fourth-order valence-electron chi connectivity index (χ4n) is 2.63. The lowest BCUT2D eigenvalue weighted by Gasteiger charge is -2.40. The van der Waals surface area contributed by atoms with Crippen LogP contribution in [0.4, 0.5) is 0 Å². The molecule has 0 unspecified atom stereocenters. The second-order valence-electron chi connectivity index (χ2n) is 6.48. The first kappa shape index (κ1) is 15.0. The number of benzene rings is 1. The van der Waals surface area contributed by atoms with Crippen LogP contribution in [-0.4, -0.2) is 25.3 Å². The highest BCUT2D eigenvalue weighted by Gasteiger charge is 2.36. The van der Waals surface area contributed by atoms with E-state index in [0.717, 1.165) is 32.6 Å². The third kappa shape index (κ3) is 3.80. The highest BCUT2D eigenvalue weighted by Crippen LogP contribution is 2.38. The monoisotopic (exact) mass is 325 g/mol. The van der Waals surface area contributed by atoms with E-state index < -0.39 is 0 Å². The van der Waals surface area contributed by atoms with Gasteiger partial charge in [0.15, 0.2) is 0 Å². The summed E-state index contributed by atoms with van der Waals surface area (Å²) in [6.07, 6.45) is 2.16. The second kappa shape index (κ2) is 5.94. The first-order chi connectivity index (χ1) is 8.93. The Morgan fingerprint density at radius 1 is 1.21 bits per heavy atom. The molecule has 2 rings (SSSR count). The van der Waals surface area contributed by atoms with Crippen LogP contribution in [-0.2, 0) is 10.2 Å². The maximum atomic E-state index is 5.57. The molecule has 1 aromatic rings. The zero-order chi connectivity index (χ0) is 13.9. The summed E-state index contributed by atoms with van der Waals surface area (Å²) in [6, 6.07) is 8.61. The Morgan fingerprint density at radius 3 is 2.42 bits per heavy atom. The van der Waals surface area contributed by atoms with Crippen molar-refractivity contribution < 1.29 is 4.74 Å². The molecule has 0 atom stereocenters. The molecule has 106 valence electrons. The van der Waals surface area contributed by atoms with Crippen molar-refractivity contribution in [2.24, 2.45) is 0 Å². The molecule has 1 aliphatic rings. The van der Waals surface area contributed by atoms with Gasteiger partial charge < -0.3 is 10.1 Å². The summed E-state index contributed by atoms with van der Waals surface area (Å²) in [5.74, 6) is 0. The van der Waals surface area contributed by atoms with Gasteiger partial charge in [0.25, 0.3) is 0 Å². The molecular weight excluding hydrogens is 302 g/mol. The van der Waals surface area contributed by atoms with Crippen LogP contribution in [0.5, 0.6) is 0 Å². The van der Waals surface area contributed by atoms with E-state index >= 15 is 0 Å². The lowest BCUT2D eigenvalue weighted by molar-refractivity contribution is 0.0474. The fourth-order valence-corrected chi connectivity index (χ4v) is 3.33.